The summed E-state index contributed by atoms with van der Waals surface area (Å²) in [6.07, 6.45) is 5.51. The molecule has 0 radical (unpaired) electrons. The molecule has 0 saturated carbocycles. The second kappa shape index (κ2) is 8.00. The fourth-order valence-corrected chi connectivity index (χ4v) is 2.08. The molecule has 0 aromatic heterocycles. The van der Waals surface area contributed by atoms with E-state index in [0.29, 0.717) is 6.10 Å². The Morgan fingerprint density at radius 2 is 2.53 bits per heavy atom. The Hall–Kier alpha value is -0.210. The quantitative estimate of drug-likeness (QED) is 0.521. The van der Waals surface area contributed by atoms with Gasteiger partial charge in [-0.05, 0) is 7.05 Å². The van der Waals surface area contributed by atoms with Crippen LogP contribution in [0.2, 0.25) is 0 Å². The molecule has 0 aliphatic carbocycles. The van der Waals surface area contributed by atoms with E-state index in [9.17, 15) is 0 Å². The van der Waals surface area contributed by atoms with Crippen LogP contribution in [-0.4, -0.2) is 62.3 Å². The Balaban J connectivity index is 1.93. The Labute approximate surface area is 96.9 Å². The molecule has 1 heterocycles. The first-order valence-corrected chi connectivity index (χ1v) is 6.50. The zero-order valence-electron chi connectivity index (χ0n) is 9.37. The van der Waals surface area contributed by atoms with Gasteiger partial charge in [-0.25, -0.2) is 0 Å². The summed E-state index contributed by atoms with van der Waals surface area (Å²) in [5.74, 6) is 4.50. The van der Waals surface area contributed by atoms with Gasteiger partial charge in [0.2, 0.25) is 0 Å². The summed E-state index contributed by atoms with van der Waals surface area (Å²) >= 11 is 1.79. The number of nitrogens with one attached hydrogen (secondary N) is 1. The number of nitrogens with zero attached hydrogens (tertiary/aromatic N) is 1. The van der Waals surface area contributed by atoms with Crippen LogP contribution in [0.4, 0.5) is 0 Å². The lowest BCUT2D eigenvalue weighted by molar-refractivity contribution is -0.0177. The molecule has 1 saturated heterocycles. The van der Waals surface area contributed by atoms with Crippen LogP contribution in [0.25, 0.3) is 0 Å². The highest BCUT2D eigenvalue weighted by Gasteiger charge is 2.16. The first-order chi connectivity index (χ1) is 7.33. The van der Waals surface area contributed by atoms with Crippen LogP contribution in [-0.2, 0) is 4.74 Å². The van der Waals surface area contributed by atoms with E-state index in [0.717, 1.165) is 44.3 Å². The summed E-state index contributed by atoms with van der Waals surface area (Å²) in [4.78, 5) is 2.31. The van der Waals surface area contributed by atoms with E-state index in [1.165, 1.54) is 0 Å². The van der Waals surface area contributed by atoms with Crippen molar-refractivity contribution in [3.63, 3.8) is 0 Å². The lowest BCUT2D eigenvalue weighted by Gasteiger charge is -2.30. The SMILES string of the molecule is C#CCSCCNCC1CN(C)CCO1. The van der Waals surface area contributed by atoms with E-state index in [4.69, 9.17) is 11.2 Å². The molecule has 0 aromatic carbocycles. The molecule has 0 amide bonds. The molecule has 1 aliphatic heterocycles. The summed E-state index contributed by atoms with van der Waals surface area (Å²) in [7, 11) is 2.14. The standard InChI is InChI=1S/C11H20N2OS/c1-3-7-15-8-4-12-9-11-10-13(2)5-6-14-11/h1,11-12H,4-10H2,2H3. The molecule has 1 aliphatic rings. The van der Waals surface area contributed by atoms with Gasteiger partial charge in [0, 0.05) is 31.9 Å². The van der Waals surface area contributed by atoms with Gasteiger partial charge < -0.3 is 15.0 Å². The van der Waals surface area contributed by atoms with Crippen LogP contribution in [0.1, 0.15) is 0 Å². The van der Waals surface area contributed by atoms with Gasteiger partial charge in [-0.2, -0.15) is 0 Å². The molecule has 15 heavy (non-hydrogen) atoms. The minimum absolute atomic E-state index is 0.349. The molecule has 1 atom stereocenters. The molecule has 0 spiro atoms. The number of hydrogen-bond acceptors (Lipinski definition) is 4. The number of hydrogen-bond donors (Lipinski definition) is 1. The molecule has 0 bridgehead atoms. The van der Waals surface area contributed by atoms with Crippen molar-refractivity contribution in [3.8, 4) is 12.3 Å². The van der Waals surface area contributed by atoms with E-state index < -0.39 is 0 Å². The van der Waals surface area contributed by atoms with Gasteiger partial charge in [-0.1, -0.05) is 5.92 Å². The van der Waals surface area contributed by atoms with Crippen molar-refractivity contribution in [1.29, 1.82) is 0 Å². The van der Waals surface area contributed by atoms with E-state index in [1.807, 2.05) is 0 Å². The lowest BCUT2D eigenvalue weighted by Crippen LogP contribution is -2.45. The maximum atomic E-state index is 5.63. The highest BCUT2D eigenvalue weighted by atomic mass is 32.2. The van der Waals surface area contributed by atoms with Crippen LogP contribution in [0, 0.1) is 12.3 Å². The lowest BCUT2D eigenvalue weighted by atomic mass is 10.3. The third-order valence-corrected chi connectivity index (χ3v) is 3.19. The topological polar surface area (TPSA) is 24.5 Å². The van der Waals surface area contributed by atoms with Crippen molar-refractivity contribution in [2.45, 2.75) is 6.10 Å². The maximum Gasteiger partial charge on any atom is 0.0826 e. The highest BCUT2D eigenvalue weighted by molar-refractivity contribution is 7.99. The Morgan fingerprint density at radius 3 is 3.27 bits per heavy atom. The summed E-state index contributed by atoms with van der Waals surface area (Å²) in [5, 5.41) is 3.39. The summed E-state index contributed by atoms with van der Waals surface area (Å²) in [5.41, 5.74) is 0. The van der Waals surface area contributed by atoms with E-state index in [-0.39, 0.29) is 0 Å². The molecule has 0 aromatic rings. The number of morpholine rings is 1. The minimum Gasteiger partial charge on any atom is -0.374 e. The second-order valence-corrected chi connectivity index (χ2v) is 4.82. The van der Waals surface area contributed by atoms with E-state index in [2.05, 4.69) is 23.2 Å². The van der Waals surface area contributed by atoms with Gasteiger partial charge in [0.25, 0.3) is 0 Å². The third kappa shape index (κ3) is 6.06. The second-order valence-electron chi connectivity index (χ2n) is 3.72. The average molecular weight is 228 g/mol. The van der Waals surface area contributed by atoms with Gasteiger partial charge in [0.15, 0.2) is 0 Å². The zero-order chi connectivity index (χ0) is 10.9. The highest BCUT2D eigenvalue weighted by Crippen LogP contribution is 2.01. The van der Waals surface area contributed by atoms with Gasteiger partial charge in [0.1, 0.15) is 0 Å². The first-order valence-electron chi connectivity index (χ1n) is 5.35. The maximum absolute atomic E-state index is 5.63. The molecule has 3 nitrogen and oxygen atoms in total. The van der Waals surface area contributed by atoms with Crippen LogP contribution in [0.5, 0.6) is 0 Å². The van der Waals surface area contributed by atoms with Gasteiger partial charge in [-0.15, -0.1) is 18.2 Å². The fourth-order valence-electron chi connectivity index (χ4n) is 1.53. The van der Waals surface area contributed by atoms with Crippen LogP contribution in [0.3, 0.4) is 0 Å². The number of rotatable bonds is 6. The number of thioether (sulfide) groups is 1. The molecule has 86 valence electrons. The van der Waals surface area contributed by atoms with Crippen molar-refractivity contribution in [1.82, 2.24) is 10.2 Å². The Morgan fingerprint density at radius 1 is 1.67 bits per heavy atom. The summed E-state index contributed by atoms with van der Waals surface area (Å²) in [6, 6.07) is 0. The third-order valence-electron chi connectivity index (χ3n) is 2.32. The predicted octanol–water partition coefficient (Wildman–Crippen LogP) is 0.273. The smallest absolute Gasteiger partial charge is 0.0826 e. The van der Waals surface area contributed by atoms with E-state index in [1.54, 1.807) is 11.8 Å². The summed E-state index contributed by atoms with van der Waals surface area (Å²) < 4.78 is 5.63. The molecular weight excluding hydrogens is 208 g/mol. The van der Waals surface area contributed by atoms with Crippen LogP contribution >= 0.6 is 11.8 Å². The number of likely N-dealkylation sites (N-methyl/N-ethyl adjacent to an activating group) is 1. The first kappa shape index (κ1) is 12.9. The van der Waals surface area contributed by atoms with Crippen molar-refractivity contribution < 1.29 is 4.74 Å². The fraction of sp³-hybridized carbons (Fsp3) is 0.818. The zero-order valence-corrected chi connectivity index (χ0v) is 10.2. The number of terminal acetylenes is 1. The molecular formula is C11H20N2OS. The average Bonchev–Trinajstić information content (AvgIpc) is 2.23. The molecule has 4 heteroatoms. The Bertz CT molecular complexity index is 205. The normalized spacial score (nSPS) is 22.5. The van der Waals surface area contributed by atoms with Crippen molar-refractivity contribution in [2.24, 2.45) is 0 Å². The van der Waals surface area contributed by atoms with Crippen molar-refractivity contribution in [3.05, 3.63) is 0 Å². The predicted molar refractivity (Wildman–Crippen MR) is 66.3 cm³/mol. The van der Waals surface area contributed by atoms with Crippen molar-refractivity contribution in [2.75, 3.05) is 51.3 Å². The largest absolute Gasteiger partial charge is 0.374 e. The van der Waals surface area contributed by atoms with Gasteiger partial charge >= 0.3 is 0 Å². The van der Waals surface area contributed by atoms with Gasteiger partial charge in [-0.3, -0.25) is 0 Å². The minimum atomic E-state index is 0.349. The molecule has 1 rings (SSSR count). The van der Waals surface area contributed by atoms with Crippen LogP contribution < -0.4 is 5.32 Å². The number of ether oxygens (including phenoxy) is 1. The molecule has 1 unspecified atom stereocenters. The van der Waals surface area contributed by atoms with Crippen LogP contribution in [0.15, 0.2) is 0 Å². The monoisotopic (exact) mass is 228 g/mol. The molecule has 1 N–H and O–H groups in total. The summed E-state index contributed by atoms with van der Waals surface area (Å²) in [6.45, 7) is 4.89. The Kier molecular flexibility index (Phi) is 6.86. The van der Waals surface area contributed by atoms with Gasteiger partial charge in [0.05, 0.1) is 18.5 Å². The molecule has 1 fully saturated rings. The van der Waals surface area contributed by atoms with E-state index >= 15 is 0 Å². The van der Waals surface area contributed by atoms with Crippen molar-refractivity contribution >= 4 is 11.8 Å².